The minimum atomic E-state index is -0.450. The molecule has 1 unspecified atom stereocenters. The van der Waals surface area contributed by atoms with Crippen LogP contribution in [0.4, 0.5) is 5.69 Å². The maximum Gasteiger partial charge on any atom is 0.269 e. The van der Waals surface area contributed by atoms with Crippen LogP contribution in [0.3, 0.4) is 0 Å². The van der Waals surface area contributed by atoms with Crippen LogP contribution in [0.25, 0.3) is 0 Å². The Balaban J connectivity index is 1.63. The number of hydrogen-bond donors (Lipinski definition) is 1. The molecule has 142 valence electrons. The number of non-ortho nitro benzene ring substituents is 1. The molecule has 1 aliphatic rings. The highest BCUT2D eigenvalue weighted by molar-refractivity contribution is 6.31. The van der Waals surface area contributed by atoms with Gasteiger partial charge in [0.05, 0.1) is 17.4 Å². The Bertz CT molecular complexity index is 804. The summed E-state index contributed by atoms with van der Waals surface area (Å²) < 4.78 is 0. The second-order valence-electron chi connectivity index (χ2n) is 6.68. The predicted octanol–water partition coefficient (Wildman–Crippen LogP) is 3.74. The van der Waals surface area contributed by atoms with Crippen molar-refractivity contribution in [2.45, 2.75) is 25.3 Å². The van der Waals surface area contributed by atoms with E-state index in [2.05, 4.69) is 10.2 Å². The Labute approximate surface area is 163 Å². The van der Waals surface area contributed by atoms with Crippen molar-refractivity contribution in [3.8, 4) is 0 Å². The zero-order valence-electron chi connectivity index (χ0n) is 14.9. The quantitative estimate of drug-likeness (QED) is 0.580. The summed E-state index contributed by atoms with van der Waals surface area (Å²) in [6.07, 6.45) is 2.49. The van der Waals surface area contributed by atoms with Gasteiger partial charge < -0.3 is 5.32 Å². The molecule has 0 aliphatic carbocycles. The number of amides is 1. The molecule has 2 aromatic carbocycles. The zero-order chi connectivity index (χ0) is 19.2. The molecule has 0 spiro atoms. The Morgan fingerprint density at radius 1 is 1.15 bits per heavy atom. The van der Waals surface area contributed by atoms with E-state index in [1.807, 2.05) is 24.3 Å². The third kappa shape index (κ3) is 5.05. The molecule has 0 aromatic heterocycles. The van der Waals surface area contributed by atoms with E-state index in [1.54, 1.807) is 12.1 Å². The first kappa shape index (κ1) is 19.3. The number of nitro groups is 1. The predicted molar refractivity (Wildman–Crippen MR) is 105 cm³/mol. The molecule has 0 radical (unpaired) electrons. The summed E-state index contributed by atoms with van der Waals surface area (Å²) in [6, 6.07) is 13.9. The van der Waals surface area contributed by atoms with Gasteiger partial charge in [0, 0.05) is 23.7 Å². The Morgan fingerprint density at radius 2 is 1.81 bits per heavy atom. The summed E-state index contributed by atoms with van der Waals surface area (Å²) in [4.78, 5) is 25.0. The van der Waals surface area contributed by atoms with Crippen LogP contribution in [0.1, 0.15) is 30.0 Å². The number of rotatable bonds is 7. The van der Waals surface area contributed by atoms with E-state index in [9.17, 15) is 14.9 Å². The largest absolute Gasteiger partial charge is 0.354 e. The summed E-state index contributed by atoms with van der Waals surface area (Å²) in [7, 11) is 0. The van der Waals surface area contributed by atoms with Gasteiger partial charge in [-0.3, -0.25) is 19.8 Å². The average molecular weight is 388 g/mol. The molecule has 3 rings (SSSR count). The van der Waals surface area contributed by atoms with Gasteiger partial charge in [-0.2, -0.15) is 0 Å². The average Bonchev–Trinajstić information content (AvgIpc) is 3.18. The maximum absolute atomic E-state index is 12.4. The molecule has 6 nitrogen and oxygen atoms in total. The first-order valence-electron chi connectivity index (χ1n) is 9.03. The van der Waals surface area contributed by atoms with Crippen LogP contribution in [0.2, 0.25) is 5.02 Å². The summed E-state index contributed by atoms with van der Waals surface area (Å²) in [5, 5.41) is 14.4. The van der Waals surface area contributed by atoms with E-state index in [-0.39, 0.29) is 24.1 Å². The number of nitrogens with zero attached hydrogens (tertiary/aromatic N) is 2. The third-order valence-corrected chi connectivity index (χ3v) is 5.19. The number of carbonyl (C=O) groups excluding carboxylic acids is 1. The molecule has 1 N–H and O–H groups in total. The number of likely N-dealkylation sites (tertiary alicyclic amines) is 1. The highest BCUT2D eigenvalue weighted by Gasteiger charge is 2.25. The van der Waals surface area contributed by atoms with Crippen molar-refractivity contribution in [1.82, 2.24) is 10.2 Å². The van der Waals surface area contributed by atoms with Gasteiger partial charge in [0.2, 0.25) is 5.91 Å². The smallest absolute Gasteiger partial charge is 0.269 e. The molecule has 1 aliphatic heterocycles. The Morgan fingerprint density at radius 3 is 2.44 bits per heavy atom. The fraction of sp³-hybridized carbons (Fsp3) is 0.350. The van der Waals surface area contributed by atoms with Gasteiger partial charge in [-0.15, -0.1) is 0 Å². The second-order valence-corrected chi connectivity index (χ2v) is 7.09. The van der Waals surface area contributed by atoms with Crippen molar-refractivity contribution in [3.05, 3.63) is 74.8 Å². The summed E-state index contributed by atoms with van der Waals surface area (Å²) >= 11 is 6.39. The van der Waals surface area contributed by atoms with Crippen molar-refractivity contribution in [2.24, 2.45) is 0 Å². The van der Waals surface area contributed by atoms with Gasteiger partial charge in [-0.25, -0.2) is 0 Å². The summed E-state index contributed by atoms with van der Waals surface area (Å²) in [5.74, 6) is -0.111. The van der Waals surface area contributed by atoms with Crippen LogP contribution in [0, 0.1) is 10.1 Å². The Kier molecular flexibility index (Phi) is 6.42. The van der Waals surface area contributed by atoms with Crippen LogP contribution < -0.4 is 5.32 Å². The van der Waals surface area contributed by atoms with E-state index in [0.29, 0.717) is 11.6 Å². The first-order valence-corrected chi connectivity index (χ1v) is 9.41. The first-order chi connectivity index (χ1) is 13.0. The maximum atomic E-state index is 12.4. The van der Waals surface area contributed by atoms with E-state index < -0.39 is 4.92 Å². The van der Waals surface area contributed by atoms with Crippen molar-refractivity contribution in [1.29, 1.82) is 0 Å². The lowest BCUT2D eigenvalue weighted by Crippen LogP contribution is -2.37. The molecule has 0 saturated carbocycles. The standard InChI is InChI=1S/C20H22ClN3O3/c21-18-6-2-1-5-17(18)19(23-11-3-4-12-23)14-22-20(25)13-15-7-9-16(10-8-15)24(26)27/h1-2,5-10,19H,3-4,11-14H2,(H,22,25). The number of halogens is 1. The minimum absolute atomic E-state index is 0.0203. The molecule has 1 heterocycles. The van der Waals surface area contributed by atoms with Crippen molar-refractivity contribution >= 4 is 23.2 Å². The van der Waals surface area contributed by atoms with Gasteiger partial charge >= 0.3 is 0 Å². The van der Waals surface area contributed by atoms with E-state index >= 15 is 0 Å². The molecule has 1 amide bonds. The van der Waals surface area contributed by atoms with E-state index in [4.69, 9.17) is 11.6 Å². The molecule has 1 fully saturated rings. The molecule has 0 bridgehead atoms. The lowest BCUT2D eigenvalue weighted by molar-refractivity contribution is -0.384. The number of nitro benzene ring substituents is 1. The van der Waals surface area contributed by atoms with Gasteiger partial charge in [0.25, 0.3) is 5.69 Å². The fourth-order valence-corrected chi connectivity index (χ4v) is 3.69. The van der Waals surface area contributed by atoms with Crippen LogP contribution in [0.15, 0.2) is 48.5 Å². The second kappa shape index (κ2) is 8.97. The molecular weight excluding hydrogens is 366 g/mol. The SMILES string of the molecule is O=C(Cc1ccc([N+](=O)[O-])cc1)NCC(c1ccccc1Cl)N1CCCC1. The molecule has 2 aromatic rings. The van der Waals surface area contributed by atoms with Crippen LogP contribution in [0.5, 0.6) is 0 Å². The number of carbonyl (C=O) groups is 1. The van der Waals surface area contributed by atoms with Crippen molar-refractivity contribution in [3.63, 3.8) is 0 Å². The highest BCUT2D eigenvalue weighted by atomic mass is 35.5. The monoisotopic (exact) mass is 387 g/mol. The van der Waals surface area contributed by atoms with Gasteiger partial charge in [0.15, 0.2) is 0 Å². The molecule has 7 heteroatoms. The van der Waals surface area contributed by atoms with Gasteiger partial charge in [-0.05, 0) is 43.1 Å². The highest BCUT2D eigenvalue weighted by Crippen LogP contribution is 2.29. The van der Waals surface area contributed by atoms with Gasteiger partial charge in [-0.1, -0.05) is 41.9 Å². The normalized spacial score (nSPS) is 15.4. The minimum Gasteiger partial charge on any atom is -0.354 e. The molecular formula is C20H22ClN3O3. The molecule has 1 saturated heterocycles. The topological polar surface area (TPSA) is 75.5 Å². The van der Waals surface area contributed by atoms with Crippen LogP contribution in [-0.2, 0) is 11.2 Å². The van der Waals surface area contributed by atoms with E-state index in [1.165, 1.54) is 12.1 Å². The summed E-state index contributed by atoms with van der Waals surface area (Å²) in [5.41, 5.74) is 1.79. The van der Waals surface area contributed by atoms with Gasteiger partial charge in [0.1, 0.15) is 0 Å². The number of benzene rings is 2. The van der Waals surface area contributed by atoms with Crippen molar-refractivity contribution in [2.75, 3.05) is 19.6 Å². The van der Waals surface area contributed by atoms with Crippen molar-refractivity contribution < 1.29 is 9.72 Å². The third-order valence-electron chi connectivity index (χ3n) is 4.85. The zero-order valence-corrected chi connectivity index (χ0v) is 15.7. The van der Waals surface area contributed by atoms with E-state index in [0.717, 1.165) is 37.1 Å². The summed E-state index contributed by atoms with van der Waals surface area (Å²) in [6.45, 7) is 2.47. The van der Waals surface area contributed by atoms with Crippen LogP contribution in [-0.4, -0.2) is 35.4 Å². The van der Waals surface area contributed by atoms with Crippen LogP contribution >= 0.6 is 11.6 Å². The lowest BCUT2D eigenvalue weighted by Gasteiger charge is -2.29. The lowest BCUT2D eigenvalue weighted by atomic mass is 10.0. The fourth-order valence-electron chi connectivity index (χ4n) is 3.43. The molecule has 1 atom stereocenters. The Hall–Kier alpha value is -2.44. The molecule has 27 heavy (non-hydrogen) atoms. The number of nitrogens with one attached hydrogen (secondary N) is 1. The number of hydrogen-bond acceptors (Lipinski definition) is 4.